The molecule has 0 fully saturated rings. The van der Waals surface area contributed by atoms with Crippen LogP contribution < -0.4 is 9.84 Å². The Morgan fingerprint density at radius 1 is 1.00 bits per heavy atom. The number of para-hydroxylation sites is 1. The van der Waals surface area contributed by atoms with E-state index in [2.05, 4.69) is 0 Å². The second-order valence-corrected chi connectivity index (χ2v) is 3.64. The van der Waals surface area contributed by atoms with E-state index in [4.69, 9.17) is 4.74 Å². The molecule has 0 aliphatic carbocycles. The van der Waals surface area contributed by atoms with Crippen molar-refractivity contribution >= 4 is 12.0 Å². The largest absolute Gasteiger partial charge is 0.545 e. The minimum absolute atomic E-state index is 0.654. The summed E-state index contributed by atoms with van der Waals surface area (Å²) in [5.74, 6) is 0.171. The van der Waals surface area contributed by atoms with E-state index in [1.165, 1.54) is 6.08 Å². The number of benzene rings is 2. The maximum Gasteiger partial charge on any atom is 0.128 e. The van der Waals surface area contributed by atoms with Gasteiger partial charge in [0.05, 0.1) is 5.97 Å². The minimum atomic E-state index is -1.22. The average Bonchev–Trinajstić information content (AvgIpc) is 2.38. The monoisotopic (exact) mass is 239 g/mol. The Morgan fingerprint density at radius 2 is 1.72 bits per heavy atom. The van der Waals surface area contributed by atoms with Crippen molar-refractivity contribution in [1.82, 2.24) is 0 Å². The van der Waals surface area contributed by atoms with E-state index in [0.717, 1.165) is 17.4 Å². The van der Waals surface area contributed by atoms with Gasteiger partial charge in [-0.15, -0.1) is 0 Å². The van der Waals surface area contributed by atoms with Crippen LogP contribution in [0.5, 0.6) is 11.5 Å². The molecule has 0 atom stereocenters. The van der Waals surface area contributed by atoms with Crippen molar-refractivity contribution in [2.45, 2.75) is 0 Å². The fourth-order valence-electron chi connectivity index (χ4n) is 1.47. The Balaban J connectivity index is 2.15. The molecule has 0 radical (unpaired) electrons. The highest BCUT2D eigenvalue weighted by molar-refractivity contribution is 5.83. The molecular weight excluding hydrogens is 228 g/mol. The molecule has 3 nitrogen and oxygen atoms in total. The maximum absolute atomic E-state index is 10.3. The van der Waals surface area contributed by atoms with Crippen LogP contribution in [0.25, 0.3) is 6.08 Å². The molecule has 0 heterocycles. The van der Waals surface area contributed by atoms with E-state index < -0.39 is 5.97 Å². The van der Waals surface area contributed by atoms with Crippen molar-refractivity contribution < 1.29 is 14.6 Å². The van der Waals surface area contributed by atoms with Crippen LogP contribution in [0.2, 0.25) is 0 Å². The second kappa shape index (κ2) is 5.68. The van der Waals surface area contributed by atoms with Gasteiger partial charge in [0.1, 0.15) is 11.5 Å². The lowest BCUT2D eigenvalue weighted by atomic mass is 10.2. The predicted octanol–water partition coefficient (Wildman–Crippen LogP) is 2.24. The first-order valence-corrected chi connectivity index (χ1v) is 5.46. The molecule has 2 aromatic carbocycles. The van der Waals surface area contributed by atoms with E-state index in [-0.39, 0.29) is 0 Å². The van der Waals surface area contributed by atoms with E-state index in [0.29, 0.717) is 5.75 Å². The molecule has 18 heavy (non-hydrogen) atoms. The fraction of sp³-hybridized carbons (Fsp3) is 0. The molecule has 90 valence electrons. The predicted molar refractivity (Wildman–Crippen MR) is 67.0 cm³/mol. The van der Waals surface area contributed by atoms with Crippen molar-refractivity contribution in [3.8, 4) is 11.5 Å². The molecule has 0 amide bonds. The van der Waals surface area contributed by atoms with Crippen LogP contribution in [-0.2, 0) is 4.79 Å². The Hall–Kier alpha value is -2.55. The zero-order chi connectivity index (χ0) is 12.8. The second-order valence-electron chi connectivity index (χ2n) is 3.64. The topological polar surface area (TPSA) is 49.4 Å². The van der Waals surface area contributed by atoms with Crippen molar-refractivity contribution in [3.05, 3.63) is 66.2 Å². The molecule has 0 bridgehead atoms. The number of carboxylic acid groups (broad SMARTS) is 1. The molecular formula is C15H11O3-. The maximum atomic E-state index is 10.3. The van der Waals surface area contributed by atoms with Crippen LogP contribution in [0.1, 0.15) is 5.56 Å². The molecule has 0 saturated heterocycles. The molecule has 0 unspecified atom stereocenters. The Bertz CT molecular complexity index is 559. The zero-order valence-corrected chi connectivity index (χ0v) is 9.58. The Labute approximate surface area is 105 Å². The summed E-state index contributed by atoms with van der Waals surface area (Å²) in [6.45, 7) is 0. The summed E-state index contributed by atoms with van der Waals surface area (Å²) in [5, 5.41) is 10.3. The van der Waals surface area contributed by atoms with Crippen molar-refractivity contribution in [1.29, 1.82) is 0 Å². The number of rotatable bonds is 4. The standard InChI is InChI=1S/C15H12O3/c16-15(17)10-9-12-5-4-8-14(11-12)18-13-6-2-1-3-7-13/h1-11H,(H,16,17)/p-1. The number of hydrogen-bond acceptors (Lipinski definition) is 3. The molecule has 0 aromatic heterocycles. The lowest BCUT2D eigenvalue weighted by Gasteiger charge is -2.05. The van der Waals surface area contributed by atoms with Gasteiger partial charge in [-0.3, -0.25) is 0 Å². The summed E-state index contributed by atoms with van der Waals surface area (Å²) in [6, 6.07) is 16.5. The van der Waals surface area contributed by atoms with Crippen LogP contribution in [0, 0.1) is 0 Å². The summed E-state index contributed by atoms with van der Waals surface area (Å²) >= 11 is 0. The smallest absolute Gasteiger partial charge is 0.128 e. The third-order valence-electron chi connectivity index (χ3n) is 2.25. The van der Waals surface area contributed by atoms with Gasteiger partial charge in [-0.1, -0.05) is 36.4 Å². The van der Waals surface area contributed by atoms with Gasteiger partial charge in [0.25, 0.3) is 0 Å². The number of carboxylic acids is 1. The molecule has 0 aliphatic heterocycles. The molecule has 0 saturated carbocycles. The molecule has 0 aliphatic rings. The van der Waals surface area contributed by atoms with Crippen LogP contribution in [0.15, 0.2) is 60.7 Å². The quantitative estimate of drug-likeness (QED) is 0.769. The van der Waals surface area contributed by atoms with Gasteiger partial charge in [0, 0.05) is 0 Å². The third-order valence-corrected chi connectivity index (χ3v) is 2.25. The first-order valence-electron chi connectivity index (χ1n) is 5.46. The zero-order valence-electron chi connectivity index (χ0n) is 9.58. The lowest BCUT2D eigenvalue weighted by Crippen LogP contribution is -2.18. The first kappa shape index (κ1) is 11.9. The summed E-state index contributed by atoms with van der Waals surface area (Å²) in [6.07, 6.45) is 2.45. The van der Waals surface area contributed by atoms with Crippen molar-refractivity contribution in [2.24, 2.45) is 0 Å². The average molecular weight is 239 g/mol. The lowest BCUT2D eigenvalue weighted by molar-refractivity contribution is -0.297. The first-order chi connectivity index (χ1) is 8.74. The fourth-order valence-corrected chi connectivity index (χ4v) is 1.47. The van der Waals surface area contributed by atoms with E-state index in [1.807, 2.05) is 36.4 Å². The number of carbonyl (C=O) groups is 1. The molecule has 0 N–H and O–H groups in total. The number of carbonyl (C=O) groups excluding carboxylic acids is 1. The van der Waals surface area contributed by atoms with Crippen LogP contribution >= 0.6 is 0 Å². The number of hydrogen-bond donors (Lipinski definition) is 0. The molecule has 0 spiro atoms. The number of aliphatic carboxylic acids is 1. The molecule has 3 heteroatoms. The summed E-state index contributed by atoms with van der Waals surface area (Å²) in [4.78, 5) is 10.3. The van der Waals surface area contributed by atoms with Gasteiger partial charge in [-0.2, -0.15) is 0 Å². The Morgan fingerprint density at radius 3 is 2.44 bits per heavy atom. The highest BCUT2D eigenvalue weighted by Gasteiger charge is 1.96. The van der Waals surface area contributed by atoms with Crippen molar-refractivity contribution in [2.75, 3.05) is 0 Å². The van der Waals surface area contributed by atoms with Gasteiger partial charge in [-0.25, -0.2) is 0 Å². The Kier molecular flexibility index (Phi) is 3.76. The molecule has 2 aromatic rings. The van der Waals surface area contributed by atoms with E-state index >= 15 is 0 Å². The van der Waals surface area contributed by atoms with Crippen LogP contribution in [-0.4, -0.2) is 5.97 Å². The van der Waals surface area contributed by atoms with Gasteiger partial charge < -0.3 is 14.6 Å². The molecule has 2 rings (SSSR count). The highest BCUT2D eigenvalue weighted by atomic mass is 16.5. The SMILES string of the molecule is O=C([O-])C=Cc1cccc(Oc2ccccc2)c1. The van der Waals surface area contributed by atoms with Crippen LogP contribution in [0.4, 0.5) is 0 Å². The van der Waals surface area contributed by atoms with E-state index in [9.17, 15) is 9.90 Å². The summed E-state index contributed by atoms with van der Waals surface area (Å²) < 4.78 is 5.63. The normalized spacial score (nSPS) is 10.4. The van der Waals surface area contributed by atoms with Crippen LogP contribution in [0.3, 0.4) is 0 Å². The van der Waals surface area contributed by atoms with Gasteiger partial charge >= 0.3 is 0 Å². The third kappa shape index (κ3) is 3.49. The van der Waals surface area contributed by atoms with E-state index in [1.54, 1.807) is 18.2 Å². The van der Waals surface area contributed by atoms with Gasteiger partial charge in [0.15, 0.2) is 0 Å². The highest BCUT2D eigenvalue weighted by Crippen LogP contribution is 2.22. The van der Waals surface area contributed by atoms with Gasteiger partial charge in [-0.05, 0) is 35.9 Å². The number of ether oxygens (including phenoxy) is 1. The van der Waals surface area contributed by atoms with Gasteiger partial charge in [0.2, 0.25) is 0 Å². The summed E-state index contributed by atoms with van der Waals surface area (Å²) in [5.41, 5.74) is 0.743. The van der Waals surface area contributed by atoms with Crippen molar-refractivity contribution in [3.63, 3.8) is 0 Å². The summed E-state index contributed by atoms with van der Waals surface area (Å²) in [7, 11) is 0. The minimum Gasteiger partial charge on any atom is -0.545 e.